The highest BCUT2D eigenvalue weighted by Crippen LogP contribution is 2.26. The molecule has 0 aliphatic rings. The highest BCUT2D eigenvalue weighted by atomic mass is 79.9. The predicted molar refractivity (Wildman–Crippen MR) is 63.3 cm³/mol. The van der Waals surface area contributed by atoms with Gasteiger partial charge in [-0.1, -0.05) is 40.2 Å². The van der Waals surface area contributed by atoms with E-state index in [-0.39, 0.29) is 12.4 Å². The molecule has 0 unspecified atom stereocenters. The molecule has 0 bridgehead atoms. The van der Waals surface area contributed by atoms with Crippen LogP contribution in [0.25, 0.3) is 10.8 Å². The zero-order chi connectivity index (χ0) is 8.55. The van der Waals surface area contributed by atoms with E-state index in [1.165, 1.54) is 10.8 Å². The summed E-state index contributed by atoms with van der Waals surface area (Å²) in [5.41, 5.74) is 6.49. The fourth-order valence-electron chi connectivity index (χ4n) is 1.29. The number of hydrogen-bond donors (Lipinski definition) is 1. The highest BCUT2D eigenvalue weighted by Gasteiger charge is 1.97. The SMILES string of the molecule is Cl.Nc1cc(Br)c2ccccc2c1. The Bertz CT molecular complexity index is 428. The monoisotopic (exact) mass is 257 g/mol. The molecule has 0 radical (unpaired) electrons. The molecule has 0 saturated heterocycles. The van der Waals surface area contributed by atoms with Crippen LogP contribution in [-0.4, -0.2) is 0 Å². The van der Waals surface area contributed by atoms with Crippen LogP contribution in [0.2, 0.25) is 0 Å². The number of nitrogen functional groups attached to an aromatic ring is 1. The van der Waals surface area contributed by atoms with Crippen molar-refractivity contribution >= 4 is 44.8 Å². The van der Waals surface area contributed by atoms with E-state index in [1.54, 1.807) is 0 Å². The summed E-state index contributed by atoms with van der Waals surface area (Å²) in [4.78, 5) is 0. The van der Waals surface area contributed by atoms with E-state index >= 15 is 0 Å². The van der Waals surface area contributed by atoms with Gasteiger partial charge in [0.2, 0.25) is 0 Å². The Morgan fingerprint density at radius 2 is 1.77 bits per heavy atom. The van der Waals surface area contributed by atoms with Crippen LogP contribution in [0.5, 0.6) is 0 Å². The molecule has 2 aromatic carbocycles. The number of rotatable bonds is 0. The Hall–Kier alpha value is -0.730. The molecule has 0 fully saturated rings. The molecule has 3 heteroatoms. The van der Waals surface area contributed by atoms with Crippen LogP contribution in [0.4, 0.5) is 5.69 Å². The lowest BCUT2D eigenvalue weighted by molar-refractivity contribution is 1.69. The number of fused-ring (bicyclic) bond motifs is 1. The van der Waals surface area contributed by atoms with Gasteiger partial charge in [0, 0.05) is 10.2 Å². The van der Waals surface area contributed by atoms with Crippen molar-refractivity contribution in [2.24, 2.45) is 0 Å². The third-order valence-corrected chi connectivity index (χ3v) is 2.49. The summed E-state index contributed by atoms with van der Waals surface area (Å²) in [5, 5.41) is 2.37. The molecule has 0 aromatic heterocycles. The molecule has 0 amide bonds. The fraction of sp³-hybridized carbons (Fsp3) is 0. The lowest BCUT2D eigenvalue weighted by Crippen LogP contribution is -1.84. The molecule has 0 aliphatic heterocycles. The topological polar surface area (TPSA) is 26.0 Å². The molecule has 0 atom stereocenters. The number of hydrogen-bond acceptors (Lipinski definition) is 1. The van der Waals surface area contributed by atoms with E-state index in [2.05, 4.69) is 28.1 Å². The summed E-state index contributed by atoms with van der Waals surface area (Å²) in [7, 11) is 0. The lowest BCUT2D eigenvalue weighted by atomic mass is 10.1. The molecule has 2 rings (SSSR count). The van der Waals surface area contributed by atoms with Crippen LogP contribution in [-0.2, 0) is 0 Å². The summed E-state index contributed by atoms with van der Waals surface area (Å²) in [5.74, 6) is 0. The van der Waals surface area contributed by atoms with Crippen LogP contribution in [0.3, 0.4) is 0 Å². The Labute approximate surface area is 91.5 Å². The minimum Gasteiger partial charge on any atom is -0.399 e. The van der Waals surface area contributed by atoms with Crippen LogP contribution >= 0.6 is 28.3 Å². The Kier molecular flexibility index (Phi) is 3.17. The van der Waals surface area contributed by atoms with Gasteiger partial charge in [0.05, 0.1) is 0 Å². The summed E-state index contributed by atoms with van der Waals surface area (Å²) in [6, 6.07) is 12.0. The van der Waals surface area contributed by atoms with Crippen molar-refractivity contribution in [1.82, 2.24) is 0 Å². The van der Waals surface area contributed by atoms with Crippen molar-refractivity contribution in [1.29, 1.82) is 0 Å². The number of nitrogens with two attached hydrogens (primary N) is 1. The number of halogens is 2. The minimum absolute atomic E-state index is 0. The van der Waals surface area contributed by atoms with Gasteiger partial charge in [0.25, 0.3) is 0 Å². The first-order valence-corrected chi connectivity index (χ1v) is 4.50. The van der Waals surface area contributed by atoms with Crippen molar-refractivity contribution in [2.45, 2.75) is 0 Å². The van der Waals surface area contributed by atoms with Gasteiger partial charge in [-0.05, 0) is 22.9 Å². The average Bonchev–Trinajstić information content (AvgIpc) is 2.04. The zero-order valence-electron chi connectivity index (χ0n) is 6.83. The van der Waals surface area contributed by atoms with Crippen LogP contribution in [0, 0.1) is 0 Å². The maximum atomic E-state index is 5.69. The van der Waals surface area contributed by atoms with Crippen molar-refractivity contribution in [3.8, 4) is 0 Å². The zero-order valence-corrected chi connectivity index (χ0v) is 9.23. The van der Waals surface area contributed by atoms with E-state index in [9.17, 15) is 0 Å². The maximum absolute atomic E-state index is 5.69. The average molecular weight is 259 g/mol. The van der Waals surface area contributed by atoms with Crippen molar-refractivity contribution in [3.63, 3.8) is 0 Å². The van der Waals surface area contributed by atoms with Crippen molar-refractivity contribution < 1.29 is 0 Å². The molecule has 2 aromatic rings. The molecule has 2 N–H and O–H groups in total. The first-order valence-electron chi connectivity index (χ1n) is 3.71. The molecule has 0 aliphatic carbocycles. The van der Waals surface area contributed by atoms with Gasteiger partial charge in [0.15, 0.2) is 0 Å². The first-order chi connectivity index (χ1) is 5.77. The van der Waals surface area contributed by atoms with E-state index < -0.39 is 0 Å². The minimum atomic E-state index is 0. The second-order valence-electron chi connectivity index (χ2n) is 2.72. The van der Waals surface area contributed by atoms with Gasteiger partial charge in [-0.25, -0.2) is 0 Å². The third kappa shape index (κ3) is 1.95. The molecule has 68 valence electrons. The van der Waals surface area contributed by atoms with E-state index in [0.717, 1.165) is 10.2 Å². The molecule has 1 nitrogen and oxygen atoms in total. The second kappa shape index (κ2) is 3.99. The summed E-state index contributed by atoms with van der Waals surface area (Å²) in [6.45, 7) is 0. The molecule has 13 heavy (non-hydrogen) atoms. The van der Waals surface area contributed by atoms with Crippen LogP contribution in [0.15, 0.2) is 40.9 Å². The van der Waals surface area contributed by atoms with Crippen molar-refractivity contribution in [2.75, 3.05) is 5.73 Å². The molecule has 0 spiro atoms. The normalized spacial score (nSPS) is 9.62. The molecular formula is C10H9BrClN. The third-order valence-electron chi connectivity index (χ3n) is 1.83. The predicted octanol–water partition coefficient (Wildman–Crippen LogP) is 3.61. The molecule has 0 saturated carbocycles. The molecular weight excluding hydrogens is 249 g/mol. The Morgan fingerprint density at radius 1 is 1.08 bits per heavy atom. The van der Waals surface area contributed by atoms with Crippen LogP contribution < -0.4 is 5.73 Å². The van der Waals surface area contributed by atoms with Gasteiger partial charge in [-0.15, -0.1) is 12.4 Å². The summed E-state index contributed by atoms with van der Waals surface area (Å²) in [6.07, 6.45) is 0. The highest BCUT2D eigenvalue weighted by molar-refractivity contribution is 9.10. The van der Waals surface area contributed by atoms with Gasteiger partial charge in [-0.3, -0.25) is 0 Å². The van der Waals surface area contributed by atoms with Crippen LogP contribution in [0.1, 0.15) is 0 Å². The van der Waals surface area contributed by atoms with Gasteiger partial charge >= 0.3 is 0 Å². The standard InChI is InChI=1S/C10H8BrN.ClH/c11-10-6-8(12)5-7-3-1-2-4-9(7)10;/h1-6H,12H2;1H. The van der Waals surface area contributed by atoms with Gasteiger partial charge in [0.1, 0.15) is 0 Å². The number of anilines is 1. The van der Waals surface area contributed by atoms with E-state index in [0.29, 0.717) is 0 Å². The second-order valence-corrected chi connectivity index (χ2v) is 3.58. The number of benzene rings is 2. The largest absolute Gasteiger partial charge is 0.399 e. The van der Waals surface area contributed by atoms with E-state index in [4.69, 9.17) is 5.73 Å². The first kappa shape index (κ1) is 10.4. The summed E-state index contributed by atoms with van der Waals surface area (Å²) < 4.78 is 1.05. The Balaban J connectivity index is 0.000000845. The lowest BCUT2D eigenvalue weighted by Gasteiger charge is -2.01. The molecule has 0 heterocycles. The fourth-order valence-corrected chi connectivity index (χ4v) is 1.91. The van der Waals surface area contributed by atoms with Gasteiger partial charge < -0.3 is 5.73 Å². The van der Waals surface area contributed by atoms with Crippen molar-refractivity contribution in [3.05, 3.63) is 40.9 Å². The maximum Gasteiger partial charge on any atom is 0.0331 e. The Morgan fingerprint density at radius 3 is 2.54 bits per heavy atom. The van der Waals surface area contributed by atoms with E-state index in [1.807, 2.05) is 24.3 Å². The quantitative estimate of drug-likeness (QED) is 0.718. The van der Waals surface area contributed by atoms with Gasteiger partial charge in [-0.2, -0.15) is 0 Å². The smallest absolute Gasteiger partial charge is 0.0331 e. The summed E-state index contributed by atoms with van der Waals surface area (Å²) >= 11 is 3.47.